The van der Waals surface area contributed by atoms with Crippen LogP contribution in [-0.2, 0) is 9.59 Å². The van der Waals surface area contributed by atoms with Gasteiger partial charge in [0.1, 0.15) is 11.6 Å². The maximum absolute atomic E-state index is 12.1. The molecule has 0 aromatic heterocycles. The van der Waals surface area contributed by atoms with Gasteiger partial charge in [-0.15, -0.1) is 0 Å². The fraction of sp³-hybridized carbons (Fsp3) is 0.312. The largest absolute Gasteiger partial charge is 0.376 e. The van der Waals surface area contributed by atoms with E-state index in [9.17, 15) is 14.9 Å². The molecule has 1 heterocycles. The zero-order chi connectivity index (χ0) is 16.8. The van der Waals surface area contributed by atoms with Crippen LogP contribution in [0.3, 0.4) is 0 Å². The Morgan fingerprint density at radius 3 is 2.43 bits per heavy atom. The summed E-state index contributed by atoms with van der Waals surface area (Å²) in [5, 5.41) is 12.4. The fourth-order valence-corrected chi connectivity index (χ4v) is 2.49. The van der Waals surface area contributed by atoms with Gasteiger partial charge in [0.2, 0.25) is 5.91 Å². The molecule has 1 saturated heterocycles. The van der Waals surface area contributed by atoms with Gasteiger partial charge in [0, 0.05) is 35.9 Å². The second-order valence-corrected chi connectivity index (χ2v) is 5.76. The Labute approximate surface area is 139 Å². The number of amides is 2. The number of primary amides is 1. The Bertz CT molecular complexity index is 656. The van der Waals surface area contributed by atoms with Crippen molar-refractivity contribution in [2.24, 2.45) is 11.7 Å². The van der Waals surface area contributed by atoms with Crippen LogP contribution in [0.25, 0.3) is 0 Å². The lowest BCUT2D eigenvalue weighted by molar-refractivity contribution is -0.123. The zero-order valence-corrected chi connectivity index (χ0v) is 13.2. The predicted molar refractivity (Wildman–Crippen MR) is 87.3 cm³/mol. The van der Waals surface area contributed by atoms with E-state index in [2.05, 4.69) is 5.32 Å². The van der Waals surface area contributed by atoms with Crippen LogP contribution in [0.5, 0.6) is 0 Å². The van der Waals surface area contributed by atoms with E-state index < -0.39 is 5.91 Å². The van der Waals surface area contributed by atoms with Gasteiger partial charge in [-0.2, -0.15) is 5.26 Å². The van der Waals surface area contributed by atoms with Gasteiger partial charge in [-0.3, -0.25) is 9.59 Å². The lowest BCUT2D eigenvalue weighted by Crippen LogP contribution is -2.36. The van der Waals surface area contributed by atoms with Crippen molar-refractivity contribution in [1.29, 1.82) is 5.26 Å². The predicted octanol–water partition coefficient (Wildman–Crippen LogP) is 1.88. The van der Waals surface area contributed by atoms with Crippen LogP contribution in [0.2, 0.25) is 5.02 Å². The molecule has 2 amide bonds. The third kappa shape index (κ3) is 4.73. The summed E-state index contributed by atoms with van der Waals surface area (Å²) >= 11 is 5.78. The molecule has 0 saturated carbocycles. The fourth-order valence-electron chi connectivity index (χ4n) is 2.37. The molecule has 0 spiro atoms. The molecule has 6 nitrogen and oxygen atoms in total. The van der Waals surface area contributed by atoms with E-state index in [1.165, 1.54) is 6.20 Å². The number of carbonyl (C=O) groups is 2. The number of hydrogen-bond donors (Lipinski definition) is 2. The molecule has 7 heteroatoms. The quantitative estimate of drug-likeness (QED) is 0.649. The number of nitriles is 1. The van der Waals surface area contributed by atoms with Gasteiger partial charge in [0.15, 0.2) is 0 Å². The maximum atomic E-state index is 12.1. The smallest absolute Gasteiger partial charge is 0.267 e. The van der Waals surface area contributed by atoms with Gasteiger partial charge in [0.25, 0.3) is 5.91 Å². The minimum atomic E-state index is -0.480. The second-order valence-electron chi connectivity index (χ2n) is 5.33. The van der Waals surface area contributed by atoms with E-state index in [4.69, 9.17) is 17.3 Å². The molecule has 23 heavy (non-hydrogen) atoms. The van der Waals surface area contributed by atoms with Crippen LogP contribution in [-0.4, -0.2) is 29.8 Å². The first kappa shape index (κ1) is 16.8. The number of anilines is 1. The molecule has 1 aromatic rings. The number of carbonyl (C=O) groups excluding carboxylic acids is 2. The van der Waals surface area contributed by atoms with E-state index in [1.54, 1.807) is 24.3 Å². The van der Waals surface area contributed by atoms with Gasteiger partial charge in [-0.05, 0) is 37.1 Å². The first-order chi connectivity index (χ1) is 11.0. The molecule has 1 aliphatic rings. The van der Waals surface area contributed by atoms with Crippen molar-refractivity contribution in [3.63, 3.8) is 0 Å². The monoisotopic (exact) mass is 332 g/mol. The molecule has 0 radical (unpaired) electrons. The highest BCUT2D eigenvalue weighted by molar-refractivity contribution is 6.30. The van der Waals surface area contributed by atoms with Gasteiger partial charge in [0.05, 0.1) is 0 Å². The molecule has 1 aromatic carbocycles. The van der Waals surface area contributed by atoms with Gasteiger partial charge >= 0.3 is 0 Å². The SMILES string of the molecule is N#C/C(=C/N1CCC(C(N)=O)CC1)C(=O)Nc1ccc(Cl)cc1. The summed E-state index contributed by atoms with van der Waals surface area (Å²) in [6.45, 7) is 1.18. The van der Waals surface area contributed by atoms with E-state index in [-0.39, 0.29) is 17.4 Å². The van der Waals surface area contributed by atoms with E-state index in [0.29, 0.717) is 36.6 Å². The number of nitrogens with zero attached hydrogens (tertiary/aromatic N) is 2. The number of halogens is 1. The molecule has 1 fully saturated rings. The third-order valence-electron chi connectivity index (χ3n) is 3.71. The van der Waals surface area contributed by atoms with Gasteiger partial charge in [-0.1, -0.05) is 11.6 Å². The topological polar surface area (TPSA) is 99.2 Å². The highest BCUT2D eigenvalue weighted by Crippen LogP contribution is 2.18. The highest BCUT2D eigenvalue weighted by Gasteiger charge is 2.22. The van der Waals surface area contributed by atoms with Crippen molar-refractivity contribution < 1.29 is 9.59 Å². The van der Waals surface area contributed by atoms with Crippen LogP contribution in [0.1, 0.15) is 12.8 Å². The van der Waals surface area contributed by atoms with Crippen molar-refractivity contribution in [2.75, 3.05) is 18.4 Å². The van der Waals surface area contributed by atoms with Crippen LogP contribution in [0.15, 0.2) is 36.0 Å². The molecular weight excluding hydrogens is 316 g/mol. The number of likely N-dealkylation sites (tertiary alicyclic amines) is 1. The standard InChI is InChI=1S/C16H17ClN4O2/c17-13-1-3-14(4-2-13)20-16(23)12(9-18)10-21-7-5-11(6-8-21)15(19)22/h1-4,10-11H,5-8H2,(H2,19,22)(H,20,23)/b12-10-. The number of nitrogens with one attached hydrogen (secondary N) is 1. The average molecular weight is 333 g/mol. The van der Waals surface area contributed by atoms with Crippen molar-refractivity contribution >= 4 is 29.1 Å². The van der Waals surface area contributed by atoms with Crippen molar-refractivity contribution in [2.45, 2.75) is 12.8 Å². The maximum Gasteiger partial charge on any atom is 0.267 e. The summed E-state index contributed by atoms with van der Waals surface area (Å²) in [6, 6.07) is 8.53. The van der Waals surface area contributed by atoms with E-state index >= 15 is 0 Å². The highest BCUT2D eigenvalue weighted by atomic mass is 35.5. The van der Waals surface area contributed by atoms with Gasteiger partial charge in [-0.25, -0.2) is 0 Å². The summed E-state index contributed by atoms with van der Waals surface area (Å²) in [5.41, 5.74) is 5.86. The van der Waals surface area contributed by atoms with E-state index in [0.717, 1.165) is 0 Å². The summed E-state index contributed by atoms with van der Waals surface area (Å²) in [6.07, 6.45) is 2.79. The Kier molecular flexibility index (Phi) is 5.61. The molecule has 0 aliphatic carbocycles. The summed E-state index contributed by atoms with van der Waals surface area (Å²) in [5.74, 6) is -0.908. The first-order valence-electron chi connectivity index (χ1n) is 7.22. The average Bonchev–Trinajstić information content (AvgIpc) is 2.55. The zero-order valence-electron chi connectivity index (χ0n) is 12.5. The summed E-state index contributed by atoms with van der Waals surface area (Å²) < 4.78 is 0. The number of rotatable bonds is 4. The lowest BCUT2D eigenvalue weighted by atomic mass is 9.96. The molecule has 3 N–H and O–H groups in total. The van der Waals surface area contributed by atoms with Crippen LogP contribution < -0.4 is 11.1 Å². The molecule has 0 bridgehead atoms. The summed E-state index contributed by atoms with van der Waals surface area (Å²) in [7, 11) is 0. The molecule has 1 aliphatic heterocycles. The molecule has 0 unspecified atom stereocenters. The Morgan fingerprint density at radius 2 is 1.91 bits per heavy atom. The summed E-state index contributed by atoms with van der Waals surface area (Å²) in [4.78, 5) is 25.1. The van der Waals surface area contributed by atoms with Crippen molar-refractivity contribution in [3.8, 4) is 6.07 Å². The minimum absolute atomic E-state index is 0.0116. The van der Waals surface area contributed by atoms with Crippen molar-refractivity contribution in [1.82, 2.24) is 4.90 Å². The Hall–Kier alpha value is -2.52. The molecule has 120 valence electrons. The van der Waals surface area contributed by atoms with Crippen molar-refractivity contribution in [3.05, 3.63) is 41.1 Å². The number of benzene rings is 1. The lowest BCUT2D eigenvalue weighted by Gasteiger charge is -2.29. The second kappa shape index (κ2) is 7.65. The van der Waals surface area contributed by atoms with Crippen LogP contribution in [0.4, 0.5) is 5.69 Å². The molecule has 0 atom stereocenters. The van der Waals surface area contributed by atoms with E-state index in [1.807, 2.05) is 11.0 Å². The molecule has 2 rings (SSSR count). The van der Waals surface area contributed by atoms with Crippen LogP contribution >= 0.6 is 11.6 Å². The van der Waals surface area contributed by atoms with Gasteiger partial charge < -0.3 is 16.0 Å². The Balaban J connectivity index is 1.99. The number of piperidine rings is 1. The molecular formula is C16H17ClN4O2. The number of hydrogen-bond acceptors (Lipinski definition) is 4. The number of nitrogens with two attached hydrogens (primary N) is 1. The first-order valence-corrected chi connectivity index (χ1v) is 7.59. The van der Waals surface area contributed by atoms with Crippen LogP contribution in [0, 0.1) is 17.2 Å². The normalized spacial score (nSPS) is 15.8. The minimum Gasteiger partial charge on any atom is -0.376 e. The third-order valence-corrected chi connectivity index (χ3v) is 3.96. The Morgan fingerprint density at radius 1 is 1.30 bits per heavy atom.